The van der Waals surface area contributed by atoms with Gasteiger partial charge in [-0.05, 0) is 23.8 Å². The Balaban J connectivity index is 1.56. The van der Waals surface area contributed by atoms with Crippen LogP contribution in [0.3, 0.4) is 0 Å². The van der Waals surface area contributed by atoms with Gasteiger partial charge >= 0.3 is 6.09 Å². The summed E-state index contributed by atoms with van der Waals surface area (Å²) in [5, 5.41) is 13.9. The number of primary amides is 1. The van der Waals surface area contributed by atoms with Gasteiger partial charge in [-0.1, -0.05) is 53.3 Å². The summed E-state index contributed by atoms with van der Waals surface area (Å²) in [5.74, 6) is -0.638. The Morgan fingerprint density at radius 2 is 1.97 bits per heavy atom. The Labute approximate surface area is 182 Å². The van der Waals surface area contributed by atoms with Crippen LogP contribution in [0.5, 0.6) is 0 Å². The van der Waals surface area contributed by atoms with E-state index in [1.54, 1.807) is 17.0 Å². The number of hydrogen-bond acceptors (Lipinski definition) is 7. The first-order chi connectivity index (χ1) is 14.4. The maximum atomic E-state index is 12.1. The summed E-state index contributed by atoms with van der Waals surface area (Å²) in [5.41, 5.74) is 6.75. The highest BCUT2D eigenvalue weighted by Gasteiger charge is 2.20. The van der Waals surface area contributed by atoms with E-state index in [-0.39, 0.29) is 26.1 Å². The van der Waals surface area contributed by atoms with Crippen LogP contribution in [-0.4, -0.2) is 46.4 Å². The van der Waals surface area contributed by atoms with Crippen LogP contribution in [0.25, 0.3) is 10.2 Å². The zero-order valence-electron chi connectivity index (χ0n) is 16.0. The van der Waals surface area contributed by atoms with Gasteiger partial charge in [0.2, 0.25) is 5.91 Å². The van der Waals surface area contributed by atoms with Gasteiger partial charge in [-0.2, -0.15) is 0 Å². The van der Waals surface area contributed by atoms with Crippen LogP contribution in [0.4, 0.5) is 9.93 Å². The molecule has 1 unspecified atom stereocenters. The molecule has 0 saturated heterocycles. The Morgan fingerprint density at radius 3 is 2.70 bits per heavy atom. The molecule has 2 aromatic carbocycles. The number of aliphatic hydroxyl groups excluding tert-OH is 1. The Bertz CT molecular complexity index is 996. The van der Waals surface area contributed by atoms with Gasteiger partial charge in [-0.15, -0.1) is 0 Å². The monoisotopic (exact) mass is 448 g/mol. The van der Waals surface area contributed by atoms with E-state index in [1.165, 1.54) is 11.3 Å². The SMILES string of the molecule is NC(=O)CC(O)N(CCOC(=O)Nc1nc2ccccc2s1)Cc1ccccc1Cl. The van der Waals surface area contributed by atoms with Gasteiger partial charge in [0.05, 0.1) is 16.6 Å². The van der Waals surface area contributed by atoms with E-state index in [4.69, 9.17) is 22.1 Å². The maximum absolute atomic E-state index is 12.1. The zero-order chi connectivity index (χ0) is 21.5. The fourth-order valence-corrected chi connectivity index (χ4v) is 3.84. The van der Waals surface area contributed by atoms with Crippen molar-refractivity contribution < 1.29 is 19.4 Å². The summed E-state index contributed by atoms with van der Waals surface area (Å²) in [6, 6.07) is 14.7. The highest BCUT2D eigenvalue weighted by atomic mass is 35.5. The number of hydrogen-bond donors (Lipinski definition) is 3. The lowest BCUT2D eigenvalue weighted by Crippen LogP contribution is -2.40. The van der Waals surface area contributed by atoms with E-state index in [2.05, 4.69) is 10.3 Å². The summed E-state index contributed by atoms with van der Waals surface area (Å²) in [4.78, 5) is 29.2. The minimum atomic E-state index is -1.13. The topological polar surface area (TPSA) is 118 Å². The highest BCUT2D eigenvalue weighted by molar-refractivity contribution is 7.22. The molecule has 0 radical (unpaired) electrons. The Morgan fingerprint density at radius 1 is 1.23 bits per heavy atom. The van der Waals surface area contributed by atoms with Crippen LogP contribution in [0.1, 0.15) is 12.0 Å². The fraction of sp³-hybridized carbons (Fsp3) is 0.250. The van der Waals surface area contributed by atoms with Crippen molar-refractivity contribution in [2.45, 2.75) is 19.2 Å². The normalized spacial score (nSPS) is 12.1. The third-order valence-corrected chi connectivity index (χ3v) is 5.57. The average Bonchev–Trinajstić information content (AvgIpc) is 3.10. The molecule has 2 amide bonds. The third kappa shape index (κ3) is 6.14. The first-order valence-electron chi connectivity index (χ1n) is 9.15. The number of carbonyl (C=O) groups is 2. The molecule has 8 nitrogen and oxygen atoms in total. The fourth-order valence-electron chi connectivity index (χ4n) is 2.79. The number of ether oxygens (including phenoxy) is 1. The molecule has 158 valence electrons. The van der Waals surface area contributed by atoms with Gasteiger partial charge < -0.3 is 15.6 Å². The van der Waals surface area contributed by atoms with Crippen molar-refractivity contribution in [3.63, 3.8) is 0 Å². The summed E-state index contributed by atoms with van der Waals surface area (Å²) >= 11 is 7.53. The molecule has 0 bridgehead atoms. The molecule has 0 aliphatic carbocycles. The zero-order valence-corrected chi connectivity index (χ0v) is 17.5. The number of amides is 2. The number of carbonyl (C=O) groups excluding carboxylic acids is 2. The highest BCUT2D eigenvalue weighted by Crippen LogP contribution is 2.25. The van der Waals surface area contributed by atoms with Crippen LogP contribution < -0.4 is 11.1 Å². The molecule has 1 atom stereocenters. The number of aliphatic hydroxyl groups is 1. The summed E-state index contributed by atoms with van der Waals surface area (Å²) < 4.78 is 6.16. The maximum Gasteiger partial charge on any atom is 0.413 e. The minimum absolute atomic E-state index is 0.0169. The second kappa shape index (κ2) is 10.4. The Hall–Kier alpha value is -2.72. The molecule has 30 heavy (non-hydrogen) atoms. The molecule has 4 N–H and O–H groups in total. The van der Waals surface area contributed by atoms with Crippen LogP contribution >= 0.6 is 22.9 Å². The lowest BCUT2D eigenvalue weighted by atomic mass is 10.2. The van der Waals surface area contributed by atoms with E-state index in [0.29, 0.717) is 10.2 Å². The molecule has 3 rings (SSSR count). The van der Waals surface area contributed by atoms with Crippen molar-refractivity contribution in [3.05, 3.63) is 59.1 Å². The number of thiazole rings is 1. The van der Waals surface area contributed by atoms with Crippen LogP contribution in [0, 0.1) is 0 Å². The quantitative estimate of drug-likeness (QED) is 0.433. The van der Waals surface area contributed by atoms with E-state index in [1.807, 2.05) is 36.4 Å². The lowest BCUT2D eigenvalue weighted by molar-refractivity contribution is -0.123. The Kier molecular flexibility index (Phi) is 7.58. The number of rotatable bonds is 9. The minimum Gasteiger partial charge on any atom is -0.448 e. The van der Waals surface area contributed by atoms with E-state index in [0.717, 1.165) is 15.8 Å². The molecular formula is C20H21ClN4O4S. The van der Waals surface area contributed by atoms with Crippen molar-refractivity contribution in [1.82, 2.24) is 9.88 Å². The number of para-hydroxylation sites is 1. The van der Waals surface area contributed by atoms with Crippen molar-refractivity contribution in [2.75, 3.05) is 18.5 Å². The predicted molar refractivity (Wildman–Crippen MR) is 116 cm³/mol. The molecule has 0 spiro atoms. The van der Waals surface area contributed by atoms with Gasteiger partial charge in [0, 0.05) is 18.1 Å². The number of nitrogens with zero attached hydrogens (tertiary/aromatic N) is 2. The number of halogens is 1. The molecule has 0 fully saturated rings. The van der Waals surface area contributed by atoms with Gasteiger partial charge in [0.1, 0.15) is 12.8 Å². The molecule has 10 heteroatoms. The van der Waals surface area contributed by atoms with Crippen LogP contribution in [-0.2, 0) is 16.1 Å². The molecule has 1 aromatic heterocycles. The molecule has 0 aliphatic rings. The number of aromatic nitrogens is 1. The summed E-state index contributed by atoms with van der Waals surface area (Å²) in [7, 11) is 0. The smallest absolute Gasteiger partial charge is 0.413 e. The molecule has 0 saturated carbocycles. The molecule has 3 aromatic rings. The lowest BCUT2D eigenvalue weighted by Gasteiger charge is -2.27. The first-order valence-corrected chi connectivity index (χ1v) is 10.3. The van der Waals surface area contributed by atoms with Crippen molar-refractivity contribution in [2.24, 2.45) is 5.73 Å². The summed E-state index contributed by atoms with van der Waals surface area (Å²) in [6.45, 7) is 0.418. The van der Waals surface area contributed by atoms with Crippen molar-refractivity contribution in [1.29, 1.82) is 0 Å². The molecule has 0 aliphatic heterocycles. The second-order valence-electron chi connectivity index (χ2n) is 6.46. The third-order valence-electron chi connectivity index (χ3n) is 4.25. The van der Waals surface area contributed by atoms with Gasteiger partial charge in [0.25, 0.3) is 0 Å². The van der Waals surface area contributed by atoms with Crippen LogP contribution in [0.15, 0.2) is 48.5 Å². The van der Waals surface area contributed by atoms with E-state index >= 15 is 0 Å². The number of anilines is 1. The van der Waals surface area contributed by atoms with Gasteiger partial charge in [-0.3, -0.25) is 15.0 Å². The molecule has 1 heterocycles. The number of nitrogens with one attached hydrogen (secondary N) is 1. The predicted octanol–water partition coefficient (Wildman–Crippen LogP) is 3.19. The van der Waals surface area contributed by atoms with Gasteiger partial charge in [0.15, 0.2) is 5.13 Å². The van der Waals surface area contributed by atoms with E-state index < -0.39 is 18.2 Å². The number of nitrogens with two attached hydrogens (primary N) is 1. The van der Waals surface area contributed by atoms with E-state index in [9.17, 15) is 14.7 Å². The first kappa shape index (κ1) is 22.0. The standard InChI is InChI=1S/C20H21ClN4O4S/c21-14-6-2-1-5-13(14)12-25(18(27)11-17(22)26)9-10-29-20(28)24-19-23-15-7-3-4-8-16(15)30-19/h1-8,18,27H,9-12H2,(H2,22,26)(H,23,24,28). The average molecular weight is 449 g/mol. The van der Waals surface area contributed by atoms with Crippen molar-refractivity contribution in [3.8, 4) is 0 Å². The van der Waals surface area contributed by atoms with Gasteiger partial charge in [-0.25, -0.2) is 9.78 Å². The van der Waals surface area contributed by atoms with Crippen LogP contribution in [0.2, 0.25) is 5.02 Å². The molecular weight excluding hydrogens is 428 g/mol. The number of benzene rings is 2. The van der Waals surface area contributed by atoms with Crippen molar-refractivity contribution >= 4 is 50.3 Å². The second-order valence-corrected chi connectivity index (χ2v) is 7.90. The summed E-state index contributed by atoms with van der Waals surface area (Å²) in [6.07, 6.45) is -2.03. The largest absolute Gasteiger partial charge is 0.448 e. The number of fused-ring (bicyclic) bond motifs is 1.